The predicted octanol–water partition coefficient (Wildman–Crippen LogP) is 4.60. The summed E-state index contributed by atoms with van der Waals surface area (Å²) in [6.07, 6.45) is 8.99. The highest BCUT2D eigenvalue weighted by Gasteiger charge is 2.02. The SMILES string of the molecule is CCCCCC/C=C(\C)P(C)(C)=S. The van der Waals surface area contributed by atoms with Crippen molar-refractivity contribution in [2.45, 2.75) is 46.0 Å². The van der Waals surface area contributed by atoms with Gasteiger partial charge < -0.3 is 0 Å². The van der Waals surface area contributed by atoms with Crippen molar-refractivity contribution in [3.05, 3.63) is 11.4 Å². The lowest BCUT2D eigenvalue weighted by molar-refractivity contribution is 0.674. The Morgan fingerprint density at radius 1 is 1.23 bits per heavy atom. The van der Waals surface area contributed by atoms with E-state index in [2.05, 4.69) is 33.3 Å². The first-order chi connectivity index (χ1) is 5.98. The maximum absolute atomic E-state index is 5.45. The van der Waals surface area contributed by atoms with E-state index in [0.29, 0.717) is 0 Å². The van der Waals surface area contributed by atoms with Crippen molar-refractivity contribution in [3.8, 4) is 0 Å². The standard InChI is InChI=1S/C11H23PS/c1-5-6-7-8-9-10-11(2)12(3,4)13/h10H,5-9H2,1-4H3/b11-10+. The molecule has 0 saturated carbocycles. The molecule has 0 unspecified atom stereocenters. The molecule has 0 N–H and O–H groups in total. The number of hydrogen-bond donors (Lipinski definition) is 0. The molecule has 0 aliphatic rings. The Bertz CT molecular complexity index is 200. The molecule has 0 nitrogen and oxygen atoms in total. The minimum absolute atomic E-state index is 1.12. The Morgan fingerprint density at radius 2 is 1.85 bits per heavy atom. The maximum atomic E-state index is 5.45. The Labute approximate surface area is 88.8 Å². The van der Waals surface area contributed by atoms with Crippen molar-refractivity contribution >= 4 is 17.8 Å². The van der Waals surface area contributed by atoms with Gasteiger partial charge in [0.05, 0.1) is 0 Å². The Balaban J connectivity index is 3.67. The third kappa shape index (κ3) is 7.46. The third-order valence-electron chi connectivity index (χ3n) is 2.35. The van der Waals surface area contributed by atoms with Gasteiger partial charge in [0.15, 0.2) is 0 Å². The fourth-order valence-corrected chi connectivity index (χ4v) is 1.89. The summed E-state index contributed by atoms with van der Waals surface area (Å²) in [5.41, 5.74) is 0. The van der Waals surface area contributed by atoms with E-state index in [9.17, 15) is 0 Å². The quantitative estimate of drug-likeness (QED) is 0.464. The predicted molar refractivity (Wildman–Crippen MR) is 68.6 cm³/mol. The monoisotopic (exact) mass is 218 g/mol. The molecule has 0 aliphatic carbocycles. The summed E-state index contributed by atoms with van der Waals surface area (Å²) < 4.78 is 0. The van der Waals surface area contributed by atoms with Crippen LogP contribution in [0.15, 0.2) is 11.4 Å². The topological polar surface area (TPSA) is 0 Å². The fourth-order valence-electron chi connectivity index (χ4n) is 1.10. The van der Waals surface area contributed by atoms with Crippen LogP contribution in [-0.2, 0) is 11.8 Å². The molecule has 2 heteroatoms. The molecule has 0 aromatic carbocycles. The second-order valence-electron chi connectivity index (χ2n) is 4.05. The van der Waals surface area contributed by atoms with Crippen LogP contribution in [-0.4, -0.2) is 13.3 Å². The molecule has 78 valence electrons. The summed E-state index contributed by atoms with van der Waals surface area (Å²) in [4.78, 5) is 0. The van der Waals surface area contributed by atoms with E-state index in [1.807, 2.05) is 0 Å². The summed E-state index contributed by atoms with van der Waals surface area (Å²) in [6.45, 7) is 8.86. The molecule has 0 atom stereocenters. The van der Waals surface area contributed by atoms with Crippen molar-refractivity contribution in [2.24, 2.45) is 0 Å². The van der Waals surface area contributed by atoms with E-state index in [-0.39, 0.29) is 0 Å². The van der Waals surface area contributed by atoms with Crippen molar-refractivity contribution < 1.29 is 0 Å². The smallest absolute Gasteiger partial charge is 0.0270 e. The van der Waals surface area contributed by atoms with Crippen LogP contribution in [0, 0.1) is 0 Å². The van der Waals surface area contributed by atoms with Gasteiger partial charge in [-0.2, -0.15) is 0 Å². The normalized spacial score (nSPS) is 13.4. The largest absolute Gasteiger partial charge is 0.0935 e. The summed E-state index contributed by atoms with van der Waals surface area (Å²) >= 11 is 5.45. The second kappa shape index (κ2) is 6.79. The number of unbranched alkanes of at least 4 members (excludes halogenated alkanes) is 4. The van der Waals surface area contributed by atoms with Gasteiger partial charge in [-0.3, -0.25) is 0 Å². The maximum Gasteiger partial charge on any atom is -0.0270 e. The zero-order chi connectivity index (χ0) is 10.3. The van der Waals surface area contributed by atoms with Crippen molar-refractivity contribution in [3.63, 3.8) is 0 Å². The van der Waals surface area contributed by atoms with Crippen LogP contribution in [0.2, 0.25) is 0 Å². The van der Waals surface area contributed by atoms with Crippen LogP contribution in [0.4, 0.5) is 0 Å². The van der Waals surface area contributed by atoms with Crippen LogP contribution >= 0.6 is 6.04 Å². The third-order valence-corrected chi connectivity index (χ3v) is 5.09. The first-order valence-electron chi connectivity index (χ1n) is 5.20. The first kappa shape index (κ1) is 13.4. The molecular formula is C11H23PS. The molecule has 0 aliphatic heterocycles. The van der Waals surface area contributed by atoms with Gasteiger partial charge in [-0.05, 0) is 44.4 Å². The van der Waals surface area contributed by atoms with Gasteiger partial charge in [-0.15, -0.1) is 0 Å². The zero-order valence-corrected chi connectivity index (χ0v) is 11.2. The fraction of sp³-hybridized carbons (Fsp3) is 0.818. The van der Waals surface area contributed by atoms with Crippen LogP contribution in [0.25, 0.3) is 0 Å². The van der Waals surface area contributed by atoms with E-state index >= 15 is 0 Å². The Morgan fingerprint density at radius 3 is 2.31 bits per heavy atom. The van der Waals surface area contributed by atoms with Crippen molar-refractivity contribution in [1.82, 2.24) is 0 Å². The molecule has 0 bridgehead atoms. The van der Waals surface area contributed by atoms with Crippen LogP contribution in [0.3, 0.4) is 0 Å². The molecule has 0 rings (SSSR count). The van der Waals surface area contributed by atoms with E-state index in [1.54, 1.807) is 0 Å². The summed E-state index contributed by atoms with van der Waals surface area (Å²) in [5.74, 6) is 0. The van der Waals surface area contributed by atoms with Gasteiger partial charge >= 0.3 is 0 Å². The van der Waals surface area contributed by atoms with Gasteiger partial charge in [-0.25, -0.2) is 0 Å². The molecule has 0 aromatic rings. The van der Waals surface area contributed by atoms with Gasteiger partial charge in [0, 0.05) is 0 Å². The number of allylic oxidation sites excluding steroid dienone is 2. The van der Waals surface area contributed by atoms with E-state index in [4.69, 9.17) is 11.8 Å². The van der Waals surface area contributed by atoms with E-state index in [1.165, 1.54) is 37.4 Å². The highest BCUT2D eigenvalue weighted by molar-refractivity contribution is 8.15. The Hall–Kier alpha value is 0.390. The van der Waals surface area contributed by atoms with Crippen LogP contribution in [0.1, 0.15) is 46.0 Å². The van der Waals surface area contributed by atoms with Crippen LogP contribution in [0.5, 0.6) is 0 Å². The lowest BCUT2D eigenvalue weighted by atomic mass is 10.1. The van der Waals surface area contributed by atoms with Gasteiger partial charge in [0.1, 0.15) is 0 Å². The zero-order valence-electron chi connectivity index (χ0n) is 9.47. The molecular weight excluding hydrogens is 195 g/mol. The molecule has 0 heterocycles. The average Bonchev–Trinajstić information content (AvgIpc) is 2.02. The van der Waals surface area contributed by atoms with Gasteiger partial charge in [0.2, 0.25) is 0 Å². The molecule has 0 fully saturated rings. The molecule has 13 heavy (non-hydrogen) atoms. The molecule has 0 radical (unpaired) electrons. The minimum atomic E-state index is -1.12. The van der Waals surface area contributed by atoms with Crippen LogP contribution < -0.4 is 0 Å². The number of rotatable bonds is 6. The summed E-state index contributed by atoms with van der Waals surface area (Å²) in [5, 5.41) is 1.46. The molecule has 0 spiro atoms. The molecule has 0 aromatic heterocycles. The van der Waals surface area contributed by atoms with Gasteiger partial charge in [0.25, 0.3) is 0 Å². The molecule has 0 saturated heterocycles. The van der Waals surface area contributed by atoms with E-state index in [0.717, 1.165) is 0 Å². The highest BCUT2D eigenvalue weighted by atomic mass is 32.4. The number of hydrogen-bond acceptors (Lipinski definition) is 1. The highest BCUT2D eigenvalue weighted by Crippen LogP contribution is 2.46. The molecule has 0 amide bonds. The average molecular weight is 218 g/mol. The van der Waals surface area contributed by atoms with Crippen molar-refractivity contribution in [2.75, 3.05) is 13.3 Å². The summed E-state index contributed by atoms with van der Waals surface area (Å²) in [7, 11) is 0. The lowest BCUT2D eigenvalue weighted by Gasteiger charge is -2.10. The van der Waals surface area contributed by atoms with Crippen molar-refractivity contribution in [1.29, 1.82) is 0 Å². The summed E-state index contributed by atoms with van der Waals surface area (Å²) in [6, 6.07) is -1.12. The lowest BCUT2D eigenvalue weighted by Crippen LogP contribution is -1.79. The van der Waals surface area contributed by atoms with Gasteiger partial charge in [-0.1, -0.05) is 44.1 Å². The van der Waals surface area contributed by atoms with E-state index < -0.39 is 6.04 Å². The Kier molecular flexibility index (Phi) is 6.99. The first-order valence-corrected chi connectivity index (χ1v) is 8.90. The minimum Gasteiger partial charge on any atom is -0.0935 e. The second-order valence-corrected chi connectivity index (χ2v) is 10.2.